The summed E-state index contributed by atoms with van der Waals surface area (Å²) in [6, 6.07) is 6.25. The van der Waals surface area contributed by atoms with E-state index in [0.29, 0.717) is 0 Å². The minimum absolute atomic E-state index is 0.735. The van der Waals surface area contributed by atoms with Gasteiger partial charge in [-0.2, -0.15) is 0 Å². The number of benzene rings is 1. The molecule has 1 aromatic carbocycles. The van der Waals surface area contributed by atoms with E-state index >= 15 is 0 Å². The molecule has 1 aliphatic rings. The first-order valence-electron chi connectivity index (χ1n) is 4.40. The molecule has 1 aliphatic heterocycles. The van der Waals surface area contributed by atoms with Gasteiger partial charge in [-0.1, -0.05) is 6.07 Å². The Bertz CT molecular complexity index is 283. The lowest BCUT2D eigenvalue weighted by Crippen LogP contribution is -1.93. The van der Waals surface area contributed by atoms with Crippen LogP contribution in [0.15, 0.2) is 18.2 Å². The van der Waals surface area contributed by atoms with Crippen molar-refractivity contribution in [3.05, 3.63) is 23.8 Å². The molecule has 0 aromatic heterocycles. The normalized spacial score (nSPS) is 13.8. The van der Waals surface area contributed by atoms with E-state index in [0.717, 1.165) is 25.3 Å². The van der Waals surface area contributed by atoms with Crippen LogP contribution in [0.1, 0.15) is 12.5 Å². The first kappa shape index (κ1) is 7.47. The van der Waals surface area contributed by atoms with E-state index in [1.54, 1.807) is 0 Å². The fourth-order valence-electron chi connectivity index (χ4n) is 1.53. The molecule has 0 radical (unpaired) electrons. The van der Waals surface area contributed by atoms with Gasteiger partial charge < -0.3 is 10.1 Å². The Morgan fingerprint density at radius 1 is 1.50 bits per heavy atom. The van der Waals surface area contributed by atoms with Gasteiger partial charge in [0.15, 0.2) is 0 Å². The largest absolute Gasteiger partial charge is 0.494 e. The molecule has 0 saturated heterocycles. The van der Waals surface area contributed by atoms with Crippen molar-refractivity contribution >= 4 is 5.69 Å². The van der Waals surface area contributed by atoms with E-state index < -0.39 is 0 Å². The standard InChI is InChI=1S/C10H13NO/c1-2-12-9-4-3-8-5-6-11-10(8)7-9/h3-4,7,11H,2,5-6H2,1H3. The van der Waals surface area contributed by atoms with Gasteiger partial charge in [0.2, 0.25) is 0 Å². The van der Waals surface area contributed by atoms with Gasteiger partial charge in [0, 0.05) is 18.3 Å². The van der Waals surface area contributed by atoms with Crippen molar-refractivity contribution in [3.63, 3.8) is 0 Å². The van der Waals surface area contributed by atoms with Gasteiger partial charge in [-0.15, -0.1) is 0 Å². The van der Waals surface area contributed by atoms with Gasteiger partial charge in [0.25, 0.3) is 0 Å². The maximum atomic E-state index is 5.39. The predicted molar refractivity (Wildman–Crippen MR) is 49.8 cm³/mol. The molecule has 0 amide bonds. The third kappa shape index (κ3) is 1.24. The minimum Gasteiger partial charge on any atom is -0.494 e. The molecule has 0 fully saturated rings. The summed E-state index contributed by atoms with van der Waals surface area (Å²) < 4.78 is 5.39. The number of fused-ring (bicyclic) bond motifs is 1. The molecule has 12 heavy (non-hydrogen) atoms. The predicted octanol–water partition coefficient (Wildman–Crippen LogP) is 2.05. The number of nitrogens with one attached hydrogen (secondary N) is 1. The molecule has 0 aliphatic carbocycles. The molecule has 64 valence electrons. The molecule has 0 atom stereocenters. The molecule has 0 spiro atoms. The first-order valence-corrected chi connectivity index (χ1v) is 4.40. The summed E-state index contributed by atoms with van der Waals surface area (Å²) in [4.78, 5) is 0. The second-order valence-corrected chi connectivity index (χ2v) is 2.93. The van der Waals surface area contributed by atoms with Crippen LogP contribution in [0.2, 0.25) is 0 Å². The summed E-state index contributed by atoms with van der Waals surface area (Å²) in [5, 5.41) is 3.32. The van der Waals surface area contributed by atoms with Crippen molar-refractivity contribution in [1.29, 1.82) is 0 Å². The van der Waals surface area contributed by atoms with Gasteiger partial charge >= 0.3 is 0 Å². The van der Waals surface area contributed by atoms with Gasteiger partial charge in [-0.3, -0.25) is 0 Å². The number of anilines is 1. The SMILES string of the molecule is CCOc1ccc2c(c1)NCC2. The van der Waals surface area contributed by atoms with Crippen LogP contribution in [0.5, 0.6) is 5.75 Å². The molecule has 2 nitrogen and oxygen atoms in total. The zero-order valence-electron chi connectivity index (χ0n) is 7.26. The Labute approximate surface area is 72.5 Å². The van der Waals surface area contributed by atoms with E-state index in [2.05, 4.69) is 17.4 Å². The molecule has 2 rings (SSSR count). The van der Waals surface area contributed by atoms with E-state index in [1.165, 1.54) is 11.3 Å². The van der Waals surface area contributed by atoms with E-state index in [1.807, 2.05) is 13.0 Å². The molecular formula is C10H13NO. The lowest BCUT2D eigenvalue weighted by Gasteiger charge is -2.05. The fraction of sp³-hybridized carbons (Fsp3) is 0.400. The highest BCUT2D eigenvalue weighted by Gasteiger charge is 2.09. The number of rotatable bonds is 2. The van der Waals surface area contributed by atoms with Crippen LogP contribution in [0.25, 0.3) is 0 Å². The summed E-state index contributed by atoms with van der Waals surface area (Å²) >= 11 is 0. The Morgan fingerprint density at radius 2 is 2.42 bits per heavy atom. The molecule has 0 saturated carbocycles. The topological polar surface area (TPSA) is 21.3 Å². The maximum absolute atomic E-state index is 5.39. The van der Waals surface area contributed by atoms with Crippen LogP contribution >= 0.6 is 0 Å². The highest BCUT2D eigenvalue weighted by atomic mass is 16.5. The van der Waals surface area contributed by atoms with Crippen LogP contribution in [0.3, 0.4) is 0 Å². The maximum Gasteiger partial charge on any atom is 0.121 e. The third-order valence-corrected chi connectivity index (χ3v) is 2.10. The van der Waals surface area contributed by atoms with Crippen LogP contribution in [0.4, 0.5) is 5.69 Å². The smallest absolute Gasteiger partial charge is 0.121 e. The Hall–Kier alpha value is -1.18. The zero-order valence-corrected chi connectivity index (χ0v) is 7.26. The van der Waals surface area contributed by atoms with Crippen molar-refractivity contribution in [1.82, 2.24) is 0 Å². The molecule has 1 heterocycles. The Kier molecular flexibility index (Phi) is 1.90. The molecule has 0 bridgehead atoms. The Balaban J connectivity index is 2.26. The van der Waals surface area contributed by atoms with Gasteiger partial charge in [-0.05, 0) is 25.0 Å². The van der Waals surface area contributed by atoms with Crippen LogP contribution in [-0.2, 0) is 6.42 Å². The monoisotopic (exact) mass is 163 g/mol. The number of hydrogen-bond donors (Lipinski definition) is 1. The average Bonchev–Trinajstić information content (AvgIpc) is 2.51. The second-order valence-electron chi connectivity index (χ2n) is 2.93. The van der Waals surface area contributed by atoms with Crippen molar-refractivity contribution in [3.8, 4) is 5.75 Å². The highest BCUT2D eigenvalue weighted by Crippen LogP contribution is 2.26. The Morgan fingerprint density at radius 3 is 3.25 bits per heavy atom. The summed E-state index contributed by atoms with van der Waals surface area (Å²) in [6.45, 7) is 3.80. The van der Waals surface area contributed by atoms with Crippen LogP contribution < -0.4 is 10.1 Å². The summed E-state index contributed by atoms with van der Waals surface area (Å²) in [6.07, 6.45) is 1.14. The van der Waals surface area contributed by atoms with E-state index in [4.69, 9.17) is 4.74 Å². The van der Waals surface area contributed by atoms with Crippen molar-refractivity contribution < 1.29 is 4.74 Å². The lowest BCUT2D eigenvalue weighted by molar-refractivity contribution is 0.340. The summed E-state index contributed by atoms with van der Waals surface area (Å²) in [5.41, 5.74) is 2.64. The fourth-order valence-corrected chi connectivity index (χ4v) is 1.53. The molecule has 1 N–H and O–H groups in total. The van der Waals surface area contributed by atoms with Crippen molar-refractivity contribution in [2.45, 2.75) is 13.3 Å². The van der Waals surface area contributed by atoms with Crippen molar-refractivity contribution in [2.75, 3.05) is 18.5 Å². The van der Waals surface area contributed by atoms with Gasteiger partial charge in [0.05, 0.1) is 6.61 Å². The van der Waals surface area contributed by atoms with Crippen molar-refractivity contribution in [2.24, 2.45) is 0 Å². The second kappa shape index (κ2) is 3.05. The van der Waals surface area contributed by atoms with Crippen LogP contribution in [-0.4, -0.2) is 13.2 Å². The summed E-state index contributed by atoms with van der Waals surface area (Å²) in [7, 11) is 0. The van der Waals surface area contributed by atoms with Crippen LogP contribution in [0, 0.1) is 0 Å². The highest BCUT2D eigenvalue weighted by molar-refractivity contribution is 5.58. The first-order chi connectivity index (χ1) is 5.90. The molecule has 2 heteroatoms. The van der Waals surface area contributed by atoms with E-state index in [-0.39, 0.29) is 0 Å². The van der Waals surface area contributed by atoms with Gasteiger partial charge in [0.1, 0.15) is 5.75 Å². The number of ether oxygens (including phenoxy) is 1. The molecular weight excluding hydrogens is 150 g/mol. The molecule has 0 unspecified atom stereocenters. The lowest BCUT2D eigenvalue weighted by atomic mass is 10.1. The quantitative estimate of drug-likeness (QED) is 0.720. The zero-order chi connectivity index (χ0) is 8.39. The number of hydrogen-bond acceptors (Lipinski definition) is 2. The average molecular weight is 163 g/mol. The molecule has 1 aromatic rings. The van der Waals surface area contributed by atoms with Gasteiger partial charge in [-0.25, -0.2) is 0 Å². The third-order valence-electron chi connectivity index (χ3n) is 2.10. The minimum atomic E-state index is 0.735. The van der Waals surface area contributed by atoms with E-state index in [9.17, 15) is 0 Å². The summed E-state index contributed by atoms with van der Waals surface area (Å²) in [5.74, 6) is 0.964.